The van der Waals surface area contributed by atoms with E-state index in [-0.39, 0.29) is 0 Å². The van der Waals surface area contributed by atoms with Crippen LogP contribution in [0.5, 0.6) is 0 Å². The third-order valence-electron chi connectivity index (χ3n) is 1.11. The fourth-order valence-corrected chi connectivity index (χ4v) is 0.425. The van der Waals surface area contributed by atoms with Crippen molar-refractivity contribution in [1.29, 1.82) is 0 Å². The topological polar surface area (TPSA) is 32.3 Å². The van der Waals surface area contributed by atoms with Gasteiger partial charge in [-0.1, -0.05) is 12.7 Å². The lowest BCUT2D eigenvalue weighted by molar-refractivity contribution is 0.389. The van der Waals surface area contributed by atoms with Crippen LogP contribution in [0.4, 0.5) is 0 Å². The second kappa shape index (κ2) is 4.15. The van der Waals surface area contributed by atoms with Gasteiger partial charge in [0, 0.05) is 0 Å². The average Bonchev–Trinajstić information content (AvgIpc) is 1.87. The molecule has 0 heterocycles. The number of likely N-dealkylation sites (N-methyl/N-ethyl adjacent to an activating group) is 1. The maximum absolute atomic E-state index is 9.06. The minimum Gasteiger partial charge on any atom is -0.511 e. The van der Waals surface area contributed by atoms with E-state index in [0.717, 1.165) is 5.57 Å². The van der Waals surface area contributed by atoms with Crippen molar-refractivity contribution in [3.05, 3.63) is 24.0 Å². The Hall–Kier alpha value is -0.760. The SMILES string of the molecule is C=C/C(C)=C(/O)CNC. The zero-order chi connectivity index (χ0) is 7.28. The molecule has 0 bridgehead atoms. The van der Waals surface area contributed by atoms with Gasteiger partial charge in [0.15, 0.2) is 0 Å². The van der Waals surface area contributed by atoms with Crippen molar-refractivity contribution in [1.82, 2.24) is 5.32 Å². The molecule has 0 atom stereocenters. The predicted octanol–water partition coefficient (Wildman–Crippen LogP) is 1.22. The summed E-state index contributed by atoms with van der Waals surface area (Å²) in [7, 11) is 1.78. The van der Waals surface area contributed by atoms with Gasteiger partial charge in [0.25, 0.3) is 0 Å². The van der Waals surface area contributed by atoms with Crippen molar-refractivity contribution >= 4 is 0 Å². The van der Waals surface area contributed by atoms with Gasteiger partial charge in [0.05, 0.1) is 6.54 Å². The third kappa shape index (κ3) is 2.93. The maximum Gasteiger partial charge on any atom is 0.109 e. The predicted molar refractivity (Wildman–Crippen MR) is 39.5 cm³/mol. The first-order chi connectivity index (χ1) is 4.22. The van der Waals surface area contributed by atoms with Gasteiger partial charge in [0.1, 0.15) is 5.76 Å². The van der Waals surface area contributed by atoms with Crippen LogP contribution in [0.3, 0.4) is 0 Å². The molecule has 0 spiro atoms. The number of aliphatic hydroxyl groups is 1. The van der Waals surface area contributed by atoms with E-state index in [0.29, 0.717) is 12.3 Å². The highest BCUT2D eigenvalue weighted by atomic mass is 16.3. The van der Waals surface area contributed by atoms with E-state index in [4.69, 9.17) is 5.11 Å². The quantitative estimate of drug-likeness (QED) is 0.441. The highest BCUT2D eigenvalue weighted by Crippen LogP contribution is 1.98. The highest BCUT2D eigenvalue weighted by molar-refractivity contribution is 5.17. The molecule has 2 N–H and O–H groups in total. The van der Waals surface area contributed by atoms with Crippen LogP contribution >= 0.6 is 0 Å². The molecule has 0 aliphatic carbocycles. The normalized spacial score (nSPS) is 12.7. The van der Waals surface area contributed by atoms with Crippen LogP contribution in [0.25, 0.3) is 0 Å². The average molecular weight is 127 g/mol. The lowest BCUT2D eigenvalue weighted by Gasteiger charge is -1.99. The third-order valence-corrected chi connectivity index (χ3v) is 1.11. The zero-order valence-electron chi connectivity index (χ0n) is 5.94. The lowest BCUT2D eigenvalue weighted by atomic mass is 10.2. The second-order valence-corrected chi connectivity index (χ2v) is 1.86. The molecule has 0 aromatic heterocycles. The van der Waals surface area contributed by atoms with E-state index in [2.05, 4.69) is 11.9 Å². The Morgan fingerprint density at radius 3 is 2.67 bits per heavy atom. The minimum atomic E-state index is 0.354. The van der Waals surface area contributed by atoms with Gasteiger partial charge in [0.2, 0.25) is 0 Å². The van der Waals surface area contributed by atoms with E-state index >= 15 is 0 Å². The van der Waals surface area contributed by atoms with Crippen molar-refractivity contribution in [3.8, 4) is 0 Å². The Morgan fingerprint density at radius 1 is 1.78 bits per heavy atom. The van der Waals surface area contributed by atoms with Crippen LogP contribution in [0, 0.1) is 0 Å². The molecule has 2 nitrogen and oxygen atoms in total. The molecule has 0 aromatic carbocycles. The maximum atomic E-state index is 9.06. The number of aliphatic hydroxyl groups excluding tert-OH is 1. The molecule has 0 fully saturated rings. The Balaban J connectivity index is 3.93. The number of hydrogen-bond donors (Lipinski definition) is 2. The summed E-state index contributed by atoms with van der Waals surface area (Å²) in [6.45, 7) is 5.85. The Bertz CT molecular complexity index is 127. The van der Waals surface area contributed by atoms with Gasteiger partial charge in [-0.3, -0.25) is 0 Å². The van der Waals surface area contributed by atoms with Crippen molar-refractivity contribution in [2.75, 3.05) is 13.6 Å². The molecule has 0 saturated carbocycles. The molecule has 0 aromatic rings. The number of rotatable bonds is 3. The van der Waals surface area contributed by atoms with Crippen LogP contribution in [0.2, 0.25) is 0 Å². The van der Waals surface area contributed by atoms with E-state index in [9.17, 15) is 0 Å². The minimum absolute atomic E-state index is 0.354. The molecule has 52 valence electrons. The summed E-state index contributed by atoms with van der Waals surface area (Å²) in [6.07, 6.45) is 1.63. The Labute approximate surface area is 55.9 Å². The van der Waals surface area contributed by atoms with Crippen molar-refractivity contribution in [2.24, 2.45) is 0 Å². The Kier molecular flexibility index (Phi) is 3.80. The monoisotopic (exact) mass is 127 g/mol. The fraction of sp³-hybridized carbons (Fsp3) is 0.429. The molecule has 0 unspecified atom stereocenters. The van der Waals surface area contributed by atoms with Crippen LogP contribution in [-0.4, -0.2) is 18.7 Å². The first-order valence-electron chi connectivity index (χ1n) is 2.88. The van der Waals surface area contributed by atoms with Crippen molar-refractivity contribution < 1.29 is 5.11 Å². The largest absolute Gasteiger partial charge is 0.511 e. The number of allylic oxidation sites excluding steroid dienone is 2. The number of hydrogen-bond acceptors (Lipinski definition) is 2. The van der Waals surface area contributed by atoms with Gasteiger partial charge in [-0.25, -0.2) is 0 Å². The molecule has 0 saturated heterocycles. The van der Waals surface area contributed by atoms with Gasteiger partial charge in [-0.15, -0.1) is 0 Å². The molecule has 2 heteroatoms. The summed E-state index contributed by atoms with van der Waals surface area (Å²) in [5.41, 5.74) is 0.823. The standard InChI is InChI=1S/C7H13NO/c1-4-6(2)7(9)5-8-3/h4,8-9H,1,5H2,2-3H3/b7-6+. The molecular weight excluding hydrogens is 114 g/mol. The molecular formula is C7H13NO. The summed E-state index contributed by atoms with van der Waals surface area (Å²) in [6, 6.07) is 0. The summed E-state index contributed by atoms with van der Waals surface area (Å²) in [5, 5.41) is 11.9. The summed E-state index contributed by atoms with van der Waals surface area (Å²) < 4.78 is 0. The fourth-order valence-electron chi connectivity index (χ4n) is 0.425. The lowest BCUT2D eigenvalue weighted by Crippen LogP contribution is -2.10. The van der Waals surface area contributed by atoms with Gasteiger partial charge >= 0.3 is 0 Å². The van der Waals surface area contributed by atoms with Gasteiger partial charge in [-0.2, -0.15) is 0 Å². The van der Waals surface area contributed by atoms with Crippen molar-refractivity contribution in [3.63, 3.8) is 0 Å². The second-order valence-electron chi connectivity index (χ2n) is 1.86. The summed E-state index contributed by atoms with van der Waals surface area (Å²) in [4.78, 5) is 0. The van der Waals surface area contributed by atoms with E-state index in [1.54, 1.807) is 13.1 Å². The van der Waals surface area contributed by atoms with Crippen LogP contribution in [0.1, 0.15) is 6.92 Å². The number of nitrogens with one attached hydrogen (secondary N) is 1. The molecule has 0 amide bonds. The van der Waals surface area contributed by atoms with E-state index < -0.39 is 0 Å². The highest BCUT2D eigenvalue weighted by Gasteiger charge is 1.91. The zero-order valence-corrected chi connectivity index (χ0v) is 5.94. The van der Waals surface area contributed by atoms with E-state index in [1.807, 2.05) is 6.92 Å². The first-order valence-corrected chi connectivity index (χ1v) is 2.88. The molecule has 0 rings (SSSR count). The summed E-state index contributed by atoms with van der Waals surface area (Å²) >= 11 is 0. The molecule has 0 radical (unpaired) electrons. The molecule has 9 heavy (non-hydrogen) atoms. The molecule has 0 aliphatic heterocycles. The van der Waals surface area contributed by atoms with Crippen molar-refractivity contribution in [2.45, 2.75) is 6.92 Å². The van der Waals surface area contributed by atoms with Crippen LogP contribution in [-0.2, 0) is 0 Å². The van der Waals surface area contributed by atoms with Crippen LogP contribution in [0.15, 0.2) is 24.0 Å². The van der Waals surface area contributed by atoms with Gasteiger partial charge in [-0.05, 0) is 19.5 Å². The van der Waals surface area contributed by atoms with Crippen LogP contribution < -0.4 is 5.32 Å². The van der Waals surface area contributed by atoms with E-state index in [1.165, 1.54) is 0 Å². The first kappa shape index (κ1) is 8.24. The smallest absolute Gasteiger partial charge is 0.109 e. The molecule has 0 aliphatic rings. The van der Waals surface area contributed by atoms with Gasteiger partial charge < -0.3 is 10.4 Å². The Morgan fingerprint density at radius 2 is 2.33 bits per heavy atom. The summed E-state index contributed by atoms with van der Waals surface area (Å²) in [5.74, 6) is 0.354.